The lowest BCUT2D eigenvalue weighted by Gasteiger charge is -2.39. The van der Waals surface area contributed by atoms with Gasteiger partial charge in [0.05, 0.1) is 30.6 Å². The first-order valence-corrected chi connectivity index (χ1v) is 15.5. The van der Waals surface area contributed by atoms with Crippen LogP contribution in [0.1, 0.15) is 83.3 Å². The largest absolute Gasteiger partial charge is 0.497 e. The van der Waals surface area contributed by atoms with Crippen LogP contribution in [0.3, 0.4) is 0 Å². The molecule has 10 heteroatoms. The number of hydrogen-bond donors (Lipinski definition) is 2. The lowest BCUT2D eigenvalue weighted by molar-refractivity contribution is -0.175. The van der Waals surface area contributed by atoms with Crippen LogP contribution in [-0.4, -0.2) is 81.3 Å². The zero-order valence-electron chi connectivity index (χ0n) is 24.7. The molecule has 0 radical (unpaired) electrons. The summed E-state index contributed by atoms with van der Waals surface area (Å²) in [4.78, 5) is 29.3. The molecule has 41 heavy (non-hydrogen) atoms. The van der Waals surface area contributed by atoms with Crippen LogP contribution in [0, 0.1) is 0 Å². The fourth-order valence-corrected chi connectivity index (χ4v) is 7.79. The molecule has 2 N–H and O–H groups in total. The number of hydrogen-bond acceptors (Lipinski definition) is 10. The van der Waals surface area contributed by atoms with Gasteiger partial charge in [0.1, 0.15) is 5.76 Å². The molecule has 1 aromatic rings. The Hall–Kier alpha value is -2.27. The van der Waals surface area contributed by atoms with Gasteiger partial charge in [-0.25, -0.2) is 4.79 Å². The smallest absolute Gasteiger partial charge is 0.339 e. The van der Waals surface area contributed by atoms with Crippen molar-refractivity contribution in [3.05, 3.63) is 35.1 Å². The van der Waals surface area contributed by atoms with Crippen molar-refractivity contribution in [1.29, 1.82) is 0 Å². The third kappa shape index (κ3) is 5.98. The van der Waals surface area contributed by atoms with Gasteiger partial charge in [0.25, 0.3) is 0 Å². The fourth-order valence-electron chi connectivity index (χ4n) is 6.94. The first-order valence-electron chi connectivity index (χ1n) is 14.6. The number of thioether (sulfide) groups is 1. The minimum atomic E-state index is -2.03. The maximum Gasteiger partial charge on any atom is 0.339 e. The Morgan fingerprint density at radius 2 is 1.90 bits per heavy atom. The Labute approximate surface area is 246 Å². The average molecular weight is 590 g/mol. The number of ether oxygens (including phenoxy) is 4. The second-order valence-electron chi connectivity index (χ2n) is 12.7. The number of fused-ring (bicyclic) bond motifs is 3. The molecule has 0 bridgehead atoms. The van der Waals surface area contributed by atoms with Crippen molar-refractivity contribution in [2.75, 3.05) is 27.0 Å². The highest BCUT2D eigenvalue weighted by molar-refractivity contribution is 8.14. The molecular formula is C31H43NO8S. The Morgan fingerprint density at radius 1 is 1.17 bits per heavy atom. The van der Waals surface area contributed by atoms with Crippen LogP contribution in [0.4, 0.5) is 0 Å². The molecule has 4 atom stereocenters. The molecule has 0 amide bonds. The molecule has 1 saturated heterocycles. The topological polar surface area (TPSA) is 115 Å². The van der Waals surface area contributed by atoms with Crippen molar-refractivity contribution < 1.29 is 38.7 Å². The highest BCUT2D eigenvalue weighted by Crippen LogP contribution is 2.55. The summed E-state index contributed by atoms with van der Waals surface area (Å²) in [5.74, 6) is 0.807. The summed E-state index contributed by atoms with van der Waals surface area (Å²) in [7, 11) is 1.58. The number of esters is 1. The predicted octanol–water partition coefficient (Wildman–Crippen LogP) is 4.08. The van der Waals surface area contributed by atoms with Crippen LogP contribution >= 0.6 is 11.8 Å². The maximum atomic E-state index is 14.0. The Bertz CT molecular complexity index is 1210. The number of methoxy groups -OCH3 is 1. The van der Waals surface area contributed by atoms with E-state index in [4.69, 9.17) is 18.9 Å². The van der Waals surface area contributed by atoms with Crippen LogP contribution in [0.25, 0.3) is 0 Å². The van der Waals surface area contributed by atoms with Crippen molar-refractivity contribution in [2.45, 2.75) is 107 Å². The van der Waals surface area contributed by atoms with Crippen molar-refractivity contribution in [2.24, 2.45) is 0 Å². The van der Waals surface area contributed by atoms with E-state index in [0.29, 0.717) is 30.1 Å². The summed E-state index contributed by atoms with van der Waals surface area (Å²) in [6.45, 7) is 9.08. The van der Waals surface area contributed by atoms with Gasteiger partial charge in [-0.05, 0) is 88.3 Å². The third-order valence-corrected chi connectivity index (χ3v) is 9.64. The normalized spacial score (nSPS) is 26.5. The van der Waals surface area contributed by atoms with E-state index in [1.807, 2.05) is 26.0 Å². The van der Waals surface area contributed by atoms with Crippen LogP contribution in [0.15, 0.2) is 24.0 Å². The van der Waals surface area contributed by atoms with Gasteiger partial charge >= 0.3 is 5.97 Å². The number of rotatable bonds is 10. The lowest BCUT2D eigenvalue weighted by Crippen LogP contribution is -2.49. The number of nitrogens with zero attached hydrogens (tertiary/aromatic N) is 1. The Morgan fingerprint density at radius 3 is 2.59 bits per heavy atom. The van der Waals surface area contributed by atoms with Crippen LogP contribution < -0.4 is 9.47 Å². The van der Waals surface area contributed by atoms with E-state index in [1.54, 1.807) is 21.0 Å². The Balaban J connectivity index is 1.49. The zero-order chi connectivity index (χ0) is 29.6. The standard InChI is InChI=1S/C31H43NO8S/c1-19(2)41-25(33)17-31(36,11-6-9-29(3,4)35)28(34)40-27-24(37-5)16-30-10-7-12-32(30)13-8-20-14-22-23(39-18-38-22)15-21(20)26(27)30/h14-16,19,26-27,35-36H,6-13,17-18H2,1-5H3/t26-,27?,30?,31?/m1/s1. The SMILES string of the molecule is COC1=CC23CCCN2CCc2cc4c(cc2[C@@H]3C1OC(=O)C(O)(CCCC(C)(C)O)CC(=O)SC(C)C)OCO4. The van der Waals surface area contributed by atoms with Gasteiger partial charge in [-0.3, -0.25) is 9.69 Å². The summed E-state index contributed by atoms with van der Waals surface area (Å²) in [6.07, 6.45) is 4.37. The van der Waals surface area contributed by atoms with Crippen LogP contribution in [-0.2, 0) is 25.5 Å². The van der Waals surface area contributed by atoms with Gasteiger partial charge in [0.15, 0.2) is 28.3 Å². The third-order valence-electron chi connectivity index (χ3n) is 8.76. The summed E-state index contributed by atoms with van der Waals surface area (Å²) in [6, 6.07) is 4.05. The summed E-state index contributed by atoms with van der Waals surface area (Å²) in [5.41, 5.74) is -1.26. The number of aliphatic hydroxyl groups is 2. The van der Waals surface area contributed by atoms with Gasteiger partial charge in [0.2, 0.25) is 6.79 Å². The molecule has 226 valence electrons. The molecule has 3 heterocycles. The van der Waals surface area contributed by atoms with Gasteiger partial charge in [-0.1, -0.05) is 25.6 Å². The first-order chi connectivity index (χ1) is 19.3. The molecule has 4 aliphatic rings. The highest BCUT2D eigenvalue weighted by Gasteiger charge is 2.59. The molecule has 0 saturated carbocycles. The van der Waals surface area contributed by atoms with Crippen molar-refractivity contribution in [1.82, 2.24) is 4.90 Å². The highest BCUT2D eigenvalue weighted by atomic mass is 32.2. The molecule has 1 aromatic carbocycles. The van der Waals surface area contributed by atoms with Crippen molar-refractivity contribution in [3.63, 3.8) is 0 Å². The van der Waals surface area contributed by atoms with Gasteiger partial charge in [0, 0.05) is 11.8 Å². The van der Waals surface area contributed by atoms with E-state index in [-0.39, 0.29) is 35.9 Å². The molecule has 1 fully saturated rings. The second-order valence-corrected chi connectivity index (χ2v) is 14.3. The van der Waals surface area contributed by atoms with Gasteiger partial charge in [-0.15, -0.1) is 0 Å². The quantitative estimate of drug-likeness (QED) is 0.387. The molecule has 3 aliphatic heterocycles. The molecule has 0 aromatic heterocycles. The summed E-state index contributed by atoms with van der Waals surface area (Å²) in [5, 5.41) is 21.7. The van der Waals surface area contributed by atoms with E-state index < -0.39 is 28.8 Å². The first kappa shape index (κ1) is 30.2. The molecule has 9 nitrogen and oxygen atoms in total. The van der Waals surface area contributed by atoms with Crippen molar-refractivity contribution in [3.8, 4) is 11.5 Å². The van der Waals surface area contributed by atoms with E-state index >= 15 is 0 Å². The zero-order valence-corrected chi connectivity index (χ0v) is 25.6. The number of carbonyl (C=O) groups excluding carboxylic acids is 2. The van der Waals surface area contributed by atoms with E-state index in [9.17, 15) is 19.8 Å². The minimum Gasteiger partial charge on any atom is -0.497 e. The maximum absolute atomic E-state index is 14.0. The lowest BCUT2D eigenvalue weighted by atomic mass is 9.77. The minimum absolute atomic E-state index is 0.00379. The van der Waals surface area contributed by atoms with Crippen LogP contribution in [0.5, 0.6) is 11.5 Å². The monoisotopic (exact) mass is 589 g/mol. The number of benzene rings is 1. The van der Waals surface area contributed by atoms with Crippen molar-refractivity contribution >= 4 is 22.8 Å². The van der Waals surface area contributed by atoms with E-state index in [0.717, 1.165) is 55.2 Å². The van der Waals surface area contributed by atoms with E-state index in [2.05, 4.69) is 11.0 Å². The molecular weight excluding hydrogens is 546 g/mol. The summed E-state index contributed by atoms with van der Waals surface area (Å²) >= 11 is 1.10. The second kappa shape index (κ2) is 11.4. The predicted molar refractivity (Wildman–Crippen MR) is 155 cm³/mol. The average Bonchev–Trinajstić information content (AvgIpc) is 3.56. The molecule has 5 rings (SSSR count). The van der Waals surface area contributed by atoms with Gasteiger partial charge in [-0.2, -0.15) is 0 Å². The number of carbonyl (C=O) groups is 2. The molecule has 1 aliphatic carbocycles. The Kier molecular flexibility index (Phi) is 8.42. The van der Waals surface area contributed by atoms with E-state index in [1.165, 1.54) is 0 Å². The van der Waals surface area contributed by atoms with Gasteiger partial charge < -0.3 is 29.2 Å². The van der Waals surface area contributed by atoms with Crippen LogP contribution in [0.2, 0.25) is 0 Å². The molecule has 3 unspecified atom stereocenters. The molecule has 1 spiro atoms. The summed E-state index contributed by atoms with van der Waals surface area (Å²) < 4.78 is 23.5. The fraction of sp³-hybridized carbons (Fsp3) is 0.677.